The van der Waals surface area contributed by atoms with Crippen molar-refractivity contribution < 1.29 is 9.59 Å². The van der Waals surface area contributed by atoms with E-state index in [1.165, 1.54) is 0 Å². The van der Waals surface area contributed by atoms with Crippen LogP contribution in [0, 0.1) is 0 Å². The molecule has 78 valence electrons. The van der Waals surface area contributed by atoms with Crippen molar-refractivity contribution in [1.29, 1.82) is 0 Å². The number of amides is 3. The molecule has 0 spiro atoms. The first-order chi connectivity index (χ1) is 7.02. The molecule has 15 heavy (non-hydrogen) atoms. The van der Waals surface area contributed by atoms with E-state index in [1.54, 1.807) is 31.2 Å². The molecule has 1 atom stereocenters. The molecule has 0 bridgehead atoms. The molecule has 5 heteroatoms. The molecule has 2 N–H and O–H groups in total. The topological polar surface area (TPSA) is 58.2 Å². The molecule has 0 saturated carbocycles. The molecule has 1 aromatic carbocycles. The molecule has 1 aromatic rings. The van der Waals surface area contributed by atoms with E-state index in [0.717, 1.165) is 0 Å². The van der Waals surface area contributed by atoms with Gasteiger partial charge in [0.15, 0.2) is 0 Å². The second kappa shape index (κ2) is 3.24. The summed E-state index contributed by atoms with van der Waals surface area (Å²) in [7, 11) is 0. The van der Waals surface area contributed by atoms with Gasteiger partial charge in [-0.1, -0.05) is 23.7 Å². The Morgan fingerprint density at radius 2 is 2.07 bits per heavy atom. The molecule has 0 aromatic heterocycles. The van der Waals surface area contributed by atoms with Crippen LogP contribution < -0.4 is 10.6 Å². The van der Waals surface area contributed by atoms with Crippen LogP contribution in [0.15, 0.2) is 24.3 Å². The average Bonchev–Trinajstić information content (AvgIpc) is 2.42. The normalized spacial score (nSPS) is 24.9. The Morgan fingerprint density at radius 3 is 2.60 bits per heavy atom. The predicted molar refractivity (Wildman–Crippen MR) is 55.5 cm³/mol. The third kappa shape index (κ3) is 1.57. The molecular weight excluding hydrogens is 216 g/mol. The zero-order valence-corrected chi connectivity index (χ0v) is 8.76. The van der Waals surface area contributed by atoms with E-state index < -0.39 is 11.6 Å². The van der Waals surface area contributed by atoms with Gasteiger partial charge in [0.25, 0.3) is 5.91 Å². The molecule has 0 aliphatic carbocycles. The number of imide groups is 1. The van der Waals surface area contributed by atoms with E-state index in [0.29, 0.717) is 10.6 Å². The van der Waals surface area contributed by atoms with E-state index in [-0.39, 0.29) is 5.91 Å². The van der Waals surface area contributed by atoms with Gasteiger partial charge in [-0.25, -0.2) is 4.79 Å². The highest BCUT2D eigenvalue weighted by molar-refractivity contribution is 6.30. The van der Waals surface area contributed by atoms with Gasteiger partial charge in [-0.3, -0.25) is 10.1 Å². The molecule has 2 rings (SSSR count). The number of carbonyl (C=O) groups excluding carboxylic acids is 2. The summed E-state index contributed by atoms with van der Waals surface area (Å²) in [5.74, 6) is -0.366. The number of rotatable bonds is 1. The molecule has 1 aliphatic heterocycles. The Labute approximate surface area is 91.6 Å². The summed E-state index contributed by atoms with van der Waals surface area (Å²) in [5.41, 5.74) is -0.361. The van der Waals surface area contributed by atoms with Crippen LogP contribution >= 0.6 is 11.6 Å². The van der Waals surface area contributed by atoms with E-state index in [2.05, 4.69) is 10.6 Å². The number of hydrogen-bond acceptors (Lipinski definition) is 2. The Hall–Kier alpha value is -1.55. The molecule has 1 saturated heterocycles. The SMILES string of the molecule is C[C@@]1(c2cccc(Cl)c2)NC(=O)NC1=O. The van der Waals surface area contributed by atoms with Crippen molar-refractivity contribution in [2.75, 3.05) is 0 Å². The van der Waals surface area contributed by atoms with Gasteiger partial charge in [-0.05, 0) is 24.6 Å². The van der Waals surface area contributed by atoms with Crippen LogP contribution in [-0.2, 0) is 10.3 Å². The van der Waals surface area contributed by atoms with Gasteiger partial charge >= 0.3 is 6.03 Å². The van der Waals surface area contributed by atoms with Gasteiger partial charge in [0.2, 0.25) is 0 Å². The van der Waals surface area contributed by atoms with Crippen LogP contribution in [0.2, 0.25) is 5.02 Å². The third-order valence-corrected chi connectivity index (χ3v) is 2.68. The van der Waals surface area contributed by atoms with Crippen molar-refractivity contribution in [1.82, 2.24) is 10.6 Å². The highest BCUT2D eigenvalue weighted by Crippen LogP contribution is 2.26. The van der Waals surface area contributed by atoms with Crippen molar-refractivity contribution in [2.45, 2.75) is 12.5 Å². The summed E-state index contributed by atoms with van der Waals surface area (Å²) in [6.45, 7) is 1.64. The minimum atomic E-state index is -1.03. The van der Waals surface area contributed by atoms with Crippen LogP contribution in [0.1, 0.15) is 12.5 Å². The zero-order chi connectivity index (χ0) is 11.1. The van der Waals surface area contributed by atoms with Crippen LogP contribution in [0.5, 0.6) is 0 Å². The predicted octanol–water partition coefficient (Wildman–Crippen LogP) is 1.39. The van der Waals surface area contributed by atoms with Crippen molar-refractivity contribution in [3.8, 4) is 0 Å². The van der Waals surface area contributed by atoms with Crippen molar-refractivity contribution in [2.24, 2.45) is 0 Å². The Kier molecular flexibility index (Phi) is 2.16. The Bertz CT molecular complexity index is 447. The van der Waals surface area contributed by atoms with Gasteiger partial charge in [0.1, 0.15) is 5.54 Å². The number of urea groups is 1. The maximum absolute atomic E-state index is 11.6. The molecule has 1 heterocycles. The fraction of sp³-hybridized carbons (Fsp3) is 0.200. The third-order valence-electron chi connectivity index (χ3n) is 2.45. The Morgan fingerprint density at radius 1 is 1.33 bits per heavy atom. The maximum Gasteiger partial charge on any atom is 0.322 e. The van der Waals surface area contributed by atoms with Gasteiger partial charge in [-0.15, -0.1) is 0 Å². The average molecular weight is 225 g/mol. The zero-order valence-electron chi connectivity index (χ0n) is 8.00. The van der Waals surface area contributed by atoms with Crippen molar-refractivity contribution in [3.63, 3.8) is 0 Å². The minimum absolute atomic E-state index is 0.366. The minimum Gasteiger partial charge on any atom is -0.320 e. The summed E-state index contributed by atoms with van der Waals surface area (Å²) in [6.07, 6.45) is 0. The smallest absolute Gasteiger partial charge is 0.320 e. The van der Waals surface area contributed by atoms with Crippen molar-refractivity contribution in [3.05, 3.63) is 34.9 Å². The number of halogens is 1. The fourth-order valence-corrected chi connectivity index (χ4v) is 1.74. The summed E-state index contributed by atoms with van der Waals surface area (Å²) in [6, 6.07) is 6.37. The monoisotopic (exact) mass is 224 g/mol. The summed E-state index contributed by atoms with van der Waals surface area (Å²) in [5, 5.41) is 5.29. The molecule has 1 fully saturated rings. The lowest BCUT2D eigenvalue weighted by atomic mass is 9.92. The lowest BCUT2D eigenvalue weighted by molar-refractivity contribution is -0.123. The van der Waals surface area contributed by atoms with Gasteiger partial charge in [-0.2, -0.15) is 0 Å². The first kappa shape index (κ1) is 9.98. The molecule has 4 nitrogen and oxygen atoms in total. The summed E-state index contributed by atoms with van der Waals surface area (Å²) >= 11 is 5.82. The van der Waals surface area contributed by atoms with Crippen LogP contribution in [0.25, 0.3) is 0 Å². The van der Waals surface area contributed by atoms with Crippen molar-refractivity contribution >= 4 is 23.5 Å². The van der Waals surface area contributed by atoms with Crippen LogP contribution in [-0.4, -0.2) is 11.9 Å². The molecule has 1 aliphatic rings. The van der Waals surface area contributed by atoms with E-state index in [4.69, 9.17) is 11.6 Å². The molecule has 0 unspecified atom stereocenters. The number of nitrogens with one attached hydrogen (secondary N) is 2. The lowest BCUT2D eigenvalue weighted by Crippen LogP contribution is -2.40. The van der Waals surface area contributed by atoms with Crippen LogP contribution in [0.3, 0.4) is 0 Å². The van der Waals surface area contributed by atoms with E-state index in [9.17, 15) is 9.59 Å². The molecule has 0 radical (unpaired) electrons. The number of carbonyl (C=O) groups is 2. The summed E-state index contributed by atoms with van der Waals surface area (Å²) < 4.78 is 0. The number of hydrogen-bond donors (Lipinski definition) is 2. The summed E-state index contributed by atoms with van der Waals surface area (Å²) in [4.78, 5) is 22.6. The van der Waals surface area contributed by atoms with Gasteiger partial charge in [0.05, 0.1) is 0 Å². The maximum atomic E-state index is 11.6. The molecule has 3 amide bonds. The van der Waals surface area contributed by atoms with Gasteiger partial charge < -0.3 is 5.32 Å². The quantitative estimate of drug-likeness (QED) is 0.709. The van der Waals surface area contributed by atoms with Crippen LogP contribution in [0.4, 0.5) is 4.79 Å². The molecular formula is C10H9ClN2O2. The second-order valence-corrected chi connectivity index (χ2v) is 3.98. The first-order valence-corrected chi connectivity index (χ1v) is 4.80. The second-order valence-electron chi connectivity index (χ2n) is 3.54. The van der Waals surface area contributed by atoms with Gasteiger partial charge in [0, 0.05) is 5.02 Å². The highest BCUT2D eigenvalue weighted by atomic mass is 35.5. The van der Waals surface area contributed by atoms with E-state index in [1.807, 2.05) is 0 Å². The standard InChI is InChI=1S/C10H9ClN2O2/c1-10(8(14)12-9(15)13-10)6-3-2-4-7(11)5-6/h2-5H,1H3,(H2,12,13,14,15)/t10-/m0/s1. The Balaban J connectivity index is 2.46. The highest BCUT2D eigenvalue weighted by Gasteiger charge is 2.43. The van der Waals surface area contributed by atoms with E-state index >= 15 is 0 Å². The first-order valence-electron chi connectivity index (χ1n) is 4.42. The number of benzene rings is 1. The lowest BCUT2D eigenvalue weighted by Gasteiger charge is -2.20. The fourth-order valence-electron chi connectivity index (χ4n) is 1.55. The largest absolute Gasteiger partial charge is 0.322 e.